The first-order valence-corrected chi connectivity index (χ1v) is 16.6. The first kappa shape index (κ1) is 32.6. The lowest BCUT2D eigenvalue weighted by atomic mass is 9.76. The molecule has 0 aliphatic heterocycles. The van der Waals surface area contributed by atoms with Gasteiger partial charge in [-0.05, 0) is 89.9 Å². The molecule has 1 aliphatic rings. The largest absolute Gasteiger partial charge is 0.299 e. The number of hydrogen-bond donors (Lipinski definition) is 0. The van der Waals surface area contributed by atoms with Crippen molar-refractivity contribution in [3.63, 3.8) is 0 Å². The van der Waals surface area contributed by atoms with Gasteiger partial charge in [0, 0.05) is 12.3 Å². The van der Waals surface area contributed by atoms with Crippen LogP contribution in [0, 0.1) is 17.8 Å². The van der Waals surface area contributed by atoms with Gasteiger partial charge in [-0.15, -0.1) is 0 Å². The van der Waals surface area contributed by atoms with Gasteiger partial charge in [-0.2, -0.15) is 0 Å². The van der Waals surface area contributed by atoms with E-state index in [1.165, 1.54) is 33.7 Å². The van der Waals surface area contributed by atoms with Crippen molar-refractivity contribution in [3.05, 3.63) is 108 Å². The molecule has 2 heteroatoms. The first-order chi connectivity index (χ1) is 18.5. The second-order valence-electron chi connectivity index (χ2n) is 11.8. The SMILES string of the molecule is CC(C)=C/C=C/[C@@H](C)C1CC[C@H](C)C(=O)C1.CC(C)=CC=P(CC=C(C)C)(c1ccccc1)c1ccccc1. The van der Waals surface area contributed by atoms with Crippen LogP contribution in [0.25, 0.3) is 0 Å². The second kappa shape index (κ2) is 16.5. The molecule has 0 amide bonds. The van der Waals surface area contributed by atoms with Crippen LogP contribution in [0.1, 0.15) is 74.7 Å². The molecular formula is C37H51OP. The summed E-state index contributed by atoms with van der Waals surface area (Å²) >= 11 is 0. The van der Waals surface area contributed by atoms with Gasteiger partial charge in [0.1, 0.15) is 5.78 Å². The molecule has 0 heterocycles. The fourth-order valence-electron chi connectivity index (χ4n) is 4.80. The Balaban J connectivity index is 0.000000293. The predicted molar refractivity (Wildman–Crippen MR) is 178 cm³/mol. The van der Waals surface area contributed by atoms with E-state index in [0.717, 1.165) is 19.0 Å². The molecule has 1 aliphatic carbocycles. The molecular weight excluding hydrogens is 491 g/mol. The summed E-state index contributed by atoms with van der Waals surface area (Å²) in [7, 11) is 0. The van der Waals surface area contributed by atoms with Gasteiger partial charge < -0.3 is 0 Å². The van der Waals surface area contributed by atoms with Gasteiger partial charge in [0.05, 0.1) is 0 Å². The Morgan fingerprint density at radius 3 is 1.82 bits per heavy atom. The Morgan fingerprint density at radius 1 is 0.821 bits per heavy atom. The molecule has 1 saturated carbocycles. The average Bonchev–Trinajstić information content (AvgIpc) is 2.91. The van der Waals surface area contributed by atoms with Crippen LogP contribution < -0.4 is 10.6 Å². The quantitative estimate of drug-likeness (QED) is 0.184. The van der Waals surface area contributed by atoms with E-state index in [2.05, 4.69) is 152 Å². The van der Waals surface area contributed by atoms with E-state index in [4.69, 9.17) is 0 Å². The van der Waals surface area contributed by atoms with Gasteiger partial charge in [0.2, 0.25) is 0 Å². The lowest BCUT2D eigenvalue weighted by Crippen LogP contribution is -2.25. The standard InChI is InChI=1S/C22H27P.C15H24O/c1-19(2)15-17-23(18-16-20(3)4,21-11-7-5-8-12-21)22-13-9-6-10-14-22;1-11(2)6-5-7-12(3)14-9-8-13(4)15(16)10-14/h5-17H,18H2,1-4H3;5-7,12-14H,8-10H2,1-4H3/b;7-5+/t;12-,13+,14?/m.1/s1. The summed E-state index contributed by atoms with van der Waals surface area (Å²) in [5.74, 6) is 4.31. The number of benzene rings is 2. The Labute approximate surface area is 239 Å². The first-order valence-electron chi connectivity index (χ1n) is 14.5. The molecule has 1 nitrogen and oxygen atoms in total. The number of allylic oxidation sites excluding steroid dienone is 8. The van der Waals surface area contributed by atoms with E-state index in [0.29, 0.717) is 23.5 Å². The van der Waals surface area contributed by atoms with Crippen LogP contribution in [0.15, 0.2) is 108 Å². The summed E-state index contributed by atoms with van der Waals surface area (Å²) in [6, 6.07) is 22.0. The fourth-order valence-corrected chi connectivity index (χ4v) is 8.60. The van der Waals surface area contributed by atoms with Crippen molar-refractivity contribution < 1.29 is 4.79 Å². The second-order valence-corrected chi connectivity index (χ2v) is 15.2. The highest BCUT2D eigenvalue weighted by molar-refractivity contribution is 7.88. The average molecular weight is 543 g/mol. The highest BCUT2D eigenvalue weighted by atomic mass is 31.2. The number of Topliss-reactive ketones (excluding diaryl/α,β-unsaturated/α-hetero) is 1. The number of carbonyl (C=O) groups is 1. The zero-order valence-corrected chi connectivity index (χ0v) is 26.5. The van der Waals surface area contributed by atoms with Crippen molar-refractivity contribution in [1.82, 2.24) is 0 Å². The van der Waals surface area contributed by atoms with Crippen LogP contribution in [0.5, 0.6) is 0 Å². The summed E-state index contributed by atoms with van der Waals surface area (Å²) in [4.78, 5) is 11.7. The van der Waals surface area contributed by atoms with Crippen molar-refractivity contribution in [3.8, 4) is 0 Å². The van der Waals surface area contributed by atoms with Crippen molar-refractivity contribution in [2.45, 2.75) is 74.7 Å². The van der Waals surface area contributed by atoms with E-state index in [-0.39, 0.29) is 0 Å². The third kappa shape index (κ3) is 10.8. The summed E-state index contributed by atoms with van der Waals surface area (Å²) in [6.07, 6.45) is 15.3. The molecule has 39 heavy (non-hydrogen) atoms. The van der Waals surface area contributed by atoms with Gasteiger partial charge in [-0.3, -0.25) is 4.79 Å². The van der Waals surface area contributed by atoms with Crippen LogP contribution in [0.3, 0.4) is 0 Å². The Morgan fingerprint density at radius 2 is 1.36 bits per heavy atom. The van der Waals surface area contributed by atoms with E-state index in [1.807, 2.05) is 0 Å². The minimum atomic E-state index is -1.59. The number of ketones is 1. The number of carbonyl (C=O) groups excluding carboxylic acids is 1. The topological polar surface area (TPSA) is 17.1 Å². The van der Waals surface area contributed by atoms with Gasteiger partial charge in [0.15, 0.2) is 0 Å². The maximum absolute atomic E-state index is 11.7. The summed E-state index contributed by atoms with van der Waals surface area (Å²) in [6.45, 7) is 15.6. The maximum Gasteiger partial charge on any atom is 0.135 e. The molecule has 3 rings (SSSR count). The molecule has 0 bridgehead atoms. The zero-order valence-electron chi connectivity index (χ0n) is 25.7. The van der Waals surface area contributed by atoms with E-state index >= 15 is 0 Å². The summed E-state index contributed by atoms with van der Waals surface area (Å²) < 4.78 is 0. The normalized spacial score (nSPS) is 17.9. The molecule has 0 spiro atoms. The van der Waals surface area contributed by atoms with Crippen molar-refractivity contribution in [2.75, 3.05) is 6.16 Å². The van der Waals surface area contributed by atoms with Gasteiger partial charge >= 0.3 is 0 Å². The van der Waals surface area contributed by atoms with E-state index in [1.54, 1.807) is 0 Å². The van der Waals surface area contributed by atoms with Gasteiger partial charge in [0.25, 0.3) is 0 Å². The predicted octanol–water partition coefficient (Wildman–Crippen LogP) is 9.54. The monoisotopic (exact) mass is 542 g/mol. The summed E-state index contributed by atoms with van der Waals surface area (Å²) in [5, 5.41) is 2.89. The molecule has 2 aromatic carbocycles. The van der Waals surface area contributed by atoms with Crippen LogP contribution in [0.4, 0.5) is 0 Å². The van der Waals surface area contributed by atoms with Gasteiger partial charge in [-0.25, -0.2) is 0 Å². The van der Waals surface area contributed by atoms with Crippen molar-refractivity contribution >= 4 is 29.1 Å². The highest BCUT2D eigenvalue weighted by Gasteiger charge is 2.27. The molecule has 1 unspecified atom stereocenters. The molecule has 0 N–H and O–H groups in total. The molecule has 2 aromatic rings. The lowest BCUT2D eigenvalue weighted by Gasteiger charge is -2.28. The minimum absolute atomic E-state index is 0.296. The smallest absolute Gasteiger partial charge is 0.135 e. The zero-order chi connectivity index (χ0) is 28.8. The van der Waals surface area contributed by atoms with Crippen LogP contribution in [-0.4, -0.2) is 17.7 Å². The molecule has 1 fully saturated rings. The van der Waals surface area contributed by atoms with Crippen molar-refractivity contribution in [2.24, 2.45) is 17.8 Å². The Hall–Kier alpha value is -2.63. The molecule has 0 aromatic heterocycles. The highest BCUT2D eigenvalue weighted by Crippen LogP contribution is 2.45. The number of hydrogen-bond acceptors (Lipinski definition) is 1. The van der Waals surface area contributed by atoms with Crippen molar-refractivity contribution in [1.29, 1.82) is 0 Å². The van der Waals surface area contributed by atoms with Crippen LogP contribution >= 0.6 is 6.89 Å². The fraction of sp³-hybridized carbons (Fsp3) is 0.405. The molecule has 0 saturated heterocycles. The van der Waals surface area contributed by atoms with Gasteiger partial charge in [-0.1, -0.05) is 127 Å². The van der Waals surface area contributed by atoms with Crippen LogP contribution in [-0.2, 0) is 4.79 Å². The molecule has 3 atom stereocenters. The van der Waals surface area contributed by atoms with E-state index < -0.39 is 6.89 Å². The third-order valence-corrected chi connectivity index (χ3v) is 11.3. The Kier molecular flexibility index (Phi) is 13.8. The minimum Gasteiger partial charge on any atom is -0.299 e. The number of rotatable bonds is 8. The Bertz CT molecular complexity index is 1160. The molecule has 0 radical (unpaired) electrons. The van der Waals surface area contributed by atoms with E-state index in [9.17, 15) is 4.79 Å². The molecule has 210 valence electrons. The maximum atomic E-state index is 11.7. The lowest BCUT2D eigenvalue weighted by molar-refractivity contribution is -0.125. The summed E-state index contributed by atoms with van der Waals surface area (Å²) in [5.41, 5.74) is 4.04. The van der Waals surface area contributed by atoms with Crippen LogP contribution in [0.2, 0.25) is 0 Å². The third-order valence-electron chi connectivity index (χ3n) is 7.46.